The molecule has 1 amide bonds. The van der Waals surface area contributed by atoms with Crippen LogP contribution in [0.4, 0.5) is 0 Å². The van der Waals surface area contributed by atoms with Crippen molar-refractivity contribution in [3.8, 4) is 22.4 Å². The van der Waals surface area contributed by atoms with Crippen molar-refractivity contribution in [2.45, 2.75) is 31.7 Å². The van der Waals surface area contributed by atoms with E-state index in [-0.39, 0.29) is 5.54 Å². The second-order valence-electron chi connectivity index (χ2n) is 8.45. The highest BCUT2D eigenvalue weighted by Crippen LogP contribution is 2.40. The third-order valence-corrected chi connectivity index (χ3v) is 6.30. The molecule has 2 heterocycles. The standard InChI is InChI=1S/C26H25N5O/c1-17-22(12-13-23(27)32)31-24(29-17)16-21(18-6-3-2-4-7-18)25(30-31)19-8-10-20(11-9-19)26(28)14-5-15-26/h2-4,6-13,16H,5,14-15,28H2,1H3,(H2,27,32). The van der Waals surface area contributed by atoms with Crippen LogP contribution >= 0.6 is 0 Å². The third-order valence-electron chi connectivity index (χ3n) is 6.30. The molecular weight excluding hydrogens is 398 g/mol. The van der Waals surface area contributed by atoms with Gasteiger partial charge in [0.25, 0.3) is 0 Å². The number of aromatic nitrogens is 3. The summed E-state index contributed by atoms with van der Waals surface area (Å²) in [5.41, 5.74) is 18.9. The van der Waals surface area contributed by atoms with E-state index >= 15 is 0 Å². The quantitative estimate of drug-likeness (QED) is 0.470. The molecule has 0 saturated heterocycles. The van der Waals surface area contributed by atoms with Crippen molar-refractivity contribution in [1.29, 1.82) is 0 Å². The van der Waals surface area contributed by atoms with Crippen molar-refractivity contribution < 1.29 is 4.79 Å². The molecule has 2 aromatic heterocycles. The molecule has 1 saturated carbocycles. The van der Waals surface area contributed by atoms with E-state index in [2.05, 4.69) is 41.4 Å². The Morgan fingerprint density at radius 3 is 2.41 bits per heavy atom. The molecule has 0 radical (unpaired) electrons. The van der Waals surface area contributed by atoms with E-state index in [0.717, 1.165) is 46.6 Å². The second-order valence-corrected chi connectivity index (χ2v) is 8.45. The van der Waals surface area contributed by atoms with Gasteiger partial charge in [-0.15, -0.1) is 0 Å². The number of hydrogen-bond acceptors (Lipinski definition) is 4. The molecule has 1 aliphatic rings. The topological polar surface area (TPSA) is 99.3 Å². The fourth-order valence-electron chi connectivity index (χ4n) is 4.31. The Morgan fingerprint density at radius 1 is 1.06 bits per heavy atom. The summed E-state index contributed by atoms with van der Waals surface area (Å²) in [6.45, 7) is 1.89. The largest absolute Gasteiger partial charge is 0.366 e. The summed E-state index contributed by atoms with van der Waals surface area (Å²) < 4.78 is 1.76. The highest BCUT2D eigenvalue weighted by atomic mass is 16.1. The minimum absolute atomic E-state index is 0.202. The first kappa shape index (κ1) is 20.2. The van der Waals surface area contributed by atoms with Crippen LogP contribution in [0.15, 0.2) is 66.7 Å². The molecule has 5 rings (SSSR count). The Labute approximate surface area is 186 Å². The van der Waals surface area contributed by atoms with Crippen molar-refractivity contribution in [2.24, 2.45) is 11.5 Å². The maximum Gasteiger partial charge on any atom is 0.241 e. The SMILES string of the molecule is Cc1nc2cc(-c3ccccc3)c(-c3ccc(C4(N)CCC4)cc3)nn2c1C=CC(N)=O. The molecule has 0 spiro atoms. The molecule has 1 aliphatic carbocycles. The first-order valence-electron chi connectivity index (χ1n) is 10.8. The average Bonchev–Trinajstić information content (AvgIpc) is 3.09. The van der Waals surface area contributed by atoms with Crippen molar-refractivity contribution in [2.75, 3.05) is 0 Å². The number of nitrogens with two attached hydrogens (primary N) is 2. The molecule has 32 heavy (non-hydrogen) atoms. The van der Waals surface area contributed by atoms with Gasteiger partial charge in [-0.3, -0.25) is 4.79 Å². The molecule has 6 heteroatoms. The molecule has 6 nitrogen and oxygen atoms in total. The number of benzene rings is 2. The fourth-order valence-corrected chi connectivity index (χ4v) is 4.31. The van der Waals surface area contributed by atoms with Gasteiger partial charge in [-0.25, -0.2) is 9.50 Å². The van der Waals surface area contributed by atoms with Gasteiger partial charge in [-0.05, 0) is 49.5 Å². The third kappa shape index (κ3) is 3.48. The molecule has 2 aromatic carbocycles. The first-order valence-corrected chi connectivity index (χ1v) is 10.8. The predicted octanol–water partition coefficient (Wildman–Crippen LogP) is 4.21. The normalized spacial score (nSPS) is 15.2. The Balaban J connectivity index is 1.69. The van der Waals surface area contributed by atoms with E-state index in [0.29, 0.717) is 5.65 Å². The number of primary amides is 1. The minimum Gasteiger partial charge on any atom is -0.366 e. The van der Waals surface area contributed by atoms with Gasteiger partial charge in [-0.2, -0.15) is 5.10 Å². The van der Waals surface area contributed by atoms with E-state index in [1.54, 1.807) is 10.6 Å². The fraction of sp³-hybridized carbons (Fsp3) is 0.192. The monoisotopic (exact) mass is 423 g/mol. The number of carbonyl (C=O) groups is 1. The maximum atomic E-state index is 11.3. The summed E-state index contributed by atoms with van der Waals surface area (Å²) in [4.78, 5) is 15.9. The van der Waals surface area contributed by atoms with Gasteiger partial charge in [0.2, 0.25) is 5.91 Å². The van der Waals surface area contributed by atoms with Gasteiger partial charge < -0.3 is 11.5 Å². The van der Waals surface area contributed by atoms with Crippen molar-refractivity contribution in [1.82, 2.24) is 14.6 Å². The van der Waals surface area contributed by atoms with Crippen LogP contribution < -0.4 is 11.5 Å². The number of nitrogens with zero attached hydrogens (tertiary/aromatic N) is 3. The van der Waals surface area contributed by atoms with Crippen LogP contribution in [0, 0.1) is 6.92 Å². The lowest BCUT2D eigenvalue weighted by Crippen LogP contribution is -2.43. The Bertz CT molecular complexity index is 1330. The van der Waals surface area contributed by atoms with E-state index in [1.807, 2.05) is 31.2 Å². The number of carbonyl (C=O) groups excluding carboxylic acids is 1. The molecule has 0 bridgehead atoms. The van der Waals surface area contributed by atoms with E-state index in [4.69, 9.17) is 16.6 Å². The zero-order chi connectivity index (χ0) is 22.3. The predicted molar refractivity (Wildman–Crippen MR) is 127 cm³/mol. The van der Waals surface area contributed by atoms with Gasteiger partial charge in [0.1, 0.15) is 0 Å². The summed E-state index contributed by atoms with van der Waals surface area (Å²) in [6.07, 6.45) is 6.22. The van der Waals surface area contributed by atoms with Gasteiger partial charge in [0.15, 0.2) is 5.65 Å². The Morgan fingerprint density at radius 2 is 1.78 bits per heavy atom. The van der Waals surface area contributed by atoms with E-state index < -0.39 is 5.91 Å². The number of aryl methyl sites for hydroxylation is 1. The zero-order valence-electron chi connectivity index (χ0n) is 18.0. The van der Waals surface area contributed by atoms with Crippen LogP contribution in [-0.4, -0.2) is 20.5 Å². The lowest BCUT2D eigenvalue weighted by atomic mass is 9.72. The van der Waals surface area contributed by atoms with Crippen molar-refractivity contribution in [3.05, 3.63) is 83.7 Å². The number of imidazole rings is 1. The molecule has 0 atom stereocenters. The number of hydrogen-bond donors (Lipinski definition) is 2. The number of rotatable bonds is 5. The Kier molecular flexibility index (Phi) is 4.87. The summed E-state index contributed by atoms with van der Waals surface area (Å²) in [7, 11) is 0. The summed E-state index contributed by atoms with van der Waals surface area (Å²) >= 11 is 0. The van der Waals surface area contributed by atoms with Crippen LogP contribution in [0.5, 0.6) is 0 Å². The smallest absolute Gasteiger partial charge is 0.241 e. The highest BCUT2D eigenvalue weighted by Gasteiger charge is 2.34. The molecule has 0 unspecified atom stereocenters. The van der Waals surface area contributed by atoms with Crippen LogP contribution in [0.25, 0.3) is 34.1 Å². The zero-order valence-corrected chi connectivity index (χ0v) is 18.0. The summed E-state index contributed by atoms with van der Waals surface area (Å²) in [5.74, 6) is -0.511. The molecule has 4 aromatic rings. The second kappa shape index (κ2) is 7.73. The van der Waals surface area contributed by atoms with Crippen molar-refractivity contribution in [3.63, 3.8) is 0 Å². The minimum atomic E-state index is -0.511. The molecule has 4 N–H and O–H groups in total. The van der Waals surface area contributed by atoms with Crippen molar-refractivity contribution >= 4 is 17.6 Å². The average molecular weight is 424 g/mol. The van der Waals surface area contributed by atoms with Gasteiger partial charge in [-0.1, -0.05) is 54.6 Å². The van der Waals surface area contributed by atoms with E-state index in [1.165, 1.54) is 18.1 Å². The summed E-state index contributed by atoms with van der Waals surface area (Å²) in [6, 6.07) is 20.6. The van der Waals surface area contributed by atoms with Crippen LogP contribution in [0.1, 0.15) is 36.2 Å². The number of amides is 1. The van der Waals surface area contributed by atoms with Gasteiger partial charge in [0.05, 0.1) is 17.1 Å². The lowest BCUT2D eigenvalue weighted by molar-refractivity contribution is -0.113. The van der Waals surface area contributed by atoms with Crippen LogP contribution in [0.3, 0.4) is 0 Å². The highest BCUT2D eigenvalue weighted by molar-refractivity contribution is 5.90. The first-order chi connectivity index (χ1) is 15.4. The van der Waals surface area contributed by atoms with Crippen LogP contribution in [-0.2, 0) is 10.3 Å². The van der Waals surface area contributed by atoms with Gasteiger partial charge in [0, 0.05) is 22.7 Å². The molecular formula is C26H25N5O. The maximum absolute atomic E-state index is 11.3. The van der Waals surface area contributed by atoms with Crippen LogP contribution in [0.2, 0.25) is 0 Å². The lowest BCUT2D eigenvalue weighted by Gasteiger charge is -2.38. The Hall–Kier alpha value is -3.77. The molecule has 0 aliphatic heterocycles. The number of fused-ring (bicyclic) bond motifs is 1. The molecule has 160 valence electrons. The summed E-state index contributed by atoms with van der Waals surface area (Å²) in [5, 5.41) is 4.97. The molecule has 1 fully saturated rings. The van der Waals surface area contributed by atoms with Gasteiger partial charge >= 0.3 is 0 Å². The van der Waals surface area contributed by atoms with E-state index in [9.17, 15) is 4.79 Å².